The minimum Gasteiger partial charge on any atom is -0.359 e. The van der Waals surface area contributed by atoms with Gasteiger partial charge in [0.1, 0.15) is 5.82 Å². The molecule has 3 heteroatoms. The molecule has 1 aromatic rings. The van der Waals surface area contributed by atoms with Crippen LogP contribution in [0, 0.1) is 0 Å². The van der Waals surface area contributed by atoms with Gasteiger partial charge in [0.15, 0.2) is 0 Å². The van der Waals surface area contributed by atoms with Crippen LogP contribution in [0.15, 0.2) is 18.3 Å². The second kappa shape index (κ2) is 7.49. The molecule has 19 heavy (non-hydrogen) atoms. The average Bonchev–Trinajstić information content (AvgIpc) is 2.36. The first kappa shape index (κ1) is 16.0. The van der Waals surface area contributed by atoms with Crippen molar-refractivity contribution in [3.05, 3.63) is 23.9 Å². The Kier molecular flexibility index (Phi) is 6.29. The molecule has 0 amide bonds. The van der Waals surface area contributed by atoms with Crippen molar-refractivity contribution in [2.24, 2.45) is 0 Å². The van der Waals surface area contributed by atoms with Crippen LogP contribution in [-0.4, -0.2) is 24.1 Å². The lowest BCUT2D eigenvalue weighted by atomic mass is 10.1. The van der Waals surface area contributed by atoms with Crippen LogP contribution in [0.4, 0.5) is 5.82 Å². The molecule has 0 spiro atoms. The third kappa shape index (κ3) is 6.06. The lowest BCUT2D eigenvalue weighted by molar-refractivity contribution is 0.424. The van der Waals surface area contributed by atoms with Crippen molar-refractivity contribution < 1.29 is 0 Å². The second-order valence-corrected chi connectivity index (χ2v) is 6.22. The van der Waals surface area contributed by atoms with Crippen molar-refractivity contribution in [2.45, 2.75) is 59.0 Å². The van der Waals surface area contributed by atoms with E-state index in [2.05, 4.69) is 56.0 Å². The fourth-order valence-corrected chi connectivity index (χ4v) is 1.98. The molecular weight excluding hydrogens is 234 g/mol. The van der Waals surface area contributed by atoms with Gasteiger partial charge in [0.05, 0.1) is 0 Å². The van der Waals surface area contributed by atoms with E-state index in [1.54, 1.807) is 0 Å². The van der Waals surface area contributed by atoms with E-state index in [0.29, 0.717) is 0 Å². The zero-order chi connectivity index (χ0) is 14.3. The van der Waals surface area contributed by atoms with Crippen LogP contribution in [0.2, 0.25) is 0 Å². The maximum atomic E-state index is 4.54. The van der Waals surface area contributed by atoms with Crippen molar-refractivity contribution in [3.63, 3.8) is 0 Å². The van der Waals surface area contributed by atoms with Crippen molar-refractivity contribution in [2.75, 3.05) is 18.5 Å². The molecule has 1 heterocycles. The molecule has 1 aromatic heterocycles. The molecule has 3 nitrogen and oxygen atoms in total. The number of nitrogens with one attached hydrogen (secondary N) is 1. The molecule has 0 aromatic carbocycles. The molecule has 0 fully saturated rings. The Morgan fingerprint density at radius 2 is 2.00 bits per heavy atom. The van der Waals surface area contributed by atoms with Gasteiger partial charge in [0, 0.05) is 37.4 Å². The zero-order valence-corrected chi connectivity index (χ0v) is 13.2. The van der Waals surface area contributed by atoms with Gasteiger partial charge in [-0.2, -0.15) is 0 Å². The molecule has 1 N–H and O–H groups in total. The summed E-state index contributed by atoms with van der Waals surface area (Å²) in [6.45, 7) is 10.7. The summed E-state index contributed by atoms with van der Waals surface area (Å²) in [5, 5.41) is 3.53. The lowest BCUT2D eigenvalue weighted by Crippen LogP contribution is -2.35. The molecule has 0 atom stereocenters. The van der Waals surface area contributed by atoms with E-state index in [0.717, 1.165) is 18.9 Å². The number of unbranched alkanes of at least 4 members (excludes halogenated alkanes) is 2. The van der Waals surface area contributed by atoms with Crippen LogP contribution in [0.1, 0.15) is 52.5 Å². The van der Waals surface area contributed by atoms with Crippen LogP contribution >= 0.6 is 0 Å². The van der Waals surface area contributed by atoms with E-state index in [9.17, 15) is 0 Å². The highest BCUT2D eigenvalue weighted by atomic mass is 15.2. The highest BCUT2D eigenvalue weighted by molar-refractivity contribution is 5.45. The quantitative estimate of drug-likeness (QED) is 0.762. The van der Waals surface area contributed by atoms with Crippen LogP contribution in [0.25, 0.3) is 0 Å². The smallest absolute Gasteiger partial charge is 0.132 e. The number of hydrogen-bond donors (Lipinski definition) is 1. The lowest BCUT2D eigenvalue weighted by Gasteiger charge is -2.24. The Morgan fingerprint density at radius 3 is 2.63 bits per heavy atom. The highest BCUT2D eigenvalue weighted by Crippen LogP contribution is 2.17. The van der Waals surface area contributed by atoms with Crippen LogP contribution in [-0.2, 0) is 6.54 Å². The monoisotopic (exact) mass is 263 g/mol. The fourth-order valence-electron chi connectivity index (χ4n) is 1.98. The first-order chi connectivity index (χ1) is 8.94. The number of anilines is 1. The Bertz CT molecular complexity index is 369. The molecule has 0 aliphatic heterocycles. The second-order valence-electron chi connectivity index (χ2n) is 6.22. The minimum absolute atomic E-state index is 0.133. The molecule has 0 aliphatic rings. The van der Waals surface area contributed by atoms with E-state index in [1.165, 1.54) is 24.8 Å². The number of hydrogen-bond acceptors (Lipinski definition) is 3. The standard InChI is InChI=1S/C16H29N3/c1-6-7-8-12-19(5)15-14(10-9-11-17-15)13-18-16(2,3)4/h9-11,18H,6-8,12-13H2,1-5H3. The van der Waals surface area contributed by atoms with Crippen LogP contribution < -0.4 is 10.2 Å². The van der Waals surface area contributed by atoms with Gasteiger partial charge >= 0.3 is 0 Å². The predicted octanol–water partition coefficient (Wildman–Crippen LogP) is 3.60. The Morgan fingerprint density at radius 1 is 1.26 bits per heavy atom. The van der Waals surface area contributed by atoms with Crippen LogP contribution in [0.3, 0.4) is 0 Å². The van der Waals surface area contributed by atoms with Gasteiger partial charge in [0.2, 0.25) is 0 Å². The fraction of sp³-hybridized carbons (Fsp3) is 0.688. The molecule has 0 saturated carbocycles. The molecule has 0 unspecified atom stereocenters. The third-order valence-corrected chi connectivity index (χ3v) is 3.14. The third-order valence-electron chi connectivity index (χ3n) is 3.14. The molecular formula is C16H29N3. The normalized spacial score (nSPS) is 11.6. The summed E-state index contributed by atoms with van der Waals surface area (Å²) in [6, 6.07) is 4.18. The minimum atomic E-state index is 0.133. The summed E-state index contributed by atoms with van der Waals surface area (Å²) in [4.78, 5) is 6.82. The number of pyridine rings is 1. The Hall–Kier alpha value is -1.09. The molecule has 0 radical (unpaired) electrons. The van der Waals surface area contributed by atoms with Gasteiger partial charge in [-0.15, -0.1) is 0 Å². The van der Waals surface area contributed by atoms with Crippen molar-refractivity contribution in [3.8, 4) is 0 Å². The van der Waals surface area contributed by atoms with Gasteiger partial charge < -0.3 is 10.2 Å². The zero-order valence-electron chi connectivity index (χ0n) is 13.2. The van der Waals surface area contributed by atoms with E-state index >= 15 is 0 Å². The highest BCUT2D eigenvalue weighted by Gasteiger charge is 2.12. The van der Waals surface area contributed by atoms with E-state index < -0.39 is 0 Å². The topological polar surface area (TPSA) is 28.2 Å². The first-order valence-corrected chi connectivity index (χ1v) is 7.34. The van der Waals surface area contributed by atoms with Gasteiger partial charge in [-0.05, 0) is 33.3 Å². The van der Waals surface area contributed by atoms with Crippen molar-refractivity contribution in [1.29, 1.82) is 0 Å². The predicted molar refractivity (Wildman–Crippen MR) is 83.6 cm³/mol. The number of nitrogens with zero attached hydrogens (tertiary/aromatic N) is 2. The van der Waals surface area contributed by atoms with Gasteiger partial charge in [-0.3, -0.25) is 0 Å². The van der Waals surface area contributed by atoms with E-state index in [4.69, 9.17) is 0 Å². The maximum absolute atomic E-state index is 4.54. The van der Waals surface area contributed by atoms with Crippen LogP contribution in [0.5, 0.6) is 0 Å². The van der Waals surface area contributed by atoms with Gasteiger partial charge in [-0.25, -0.2) is 4.98 Å². The average molecular weight is 263 g/mol. The van der Waals surface area contributed by atoms with Gasteiger partial charge in [0.25, 0.3) is 0 Å². The van der Waals surface area contributed by atoms with E-state index in [1.807, 2.05) is 12.3 Å². The molecule has 0 aliphatic carbocycles. The summed E-state index contributed by atoms with van der Waals surface area (Å²) in [6.07, 6.45) is 5.66. The number of rotatable bonds is 7. The largest absolute Gasteiger partial charge is 0.359 e. The summed E-state index contributed by atoms with van der Waals surface area (Å²) in [5.74, 6) is 1.11. The maximum Gasteiger partial charge on any atom is 0.132 e. The molecule has 108 valence electrons. The van der Waals surface area contributed by atoms with E-state index in [-0.39, 0.29) is 5.54 Å². The Balaban J connectivity index is 2.66. The summed E-state index contributed by atoms with van der Waals surface area (Å²) >= 11 is 0. The summed E-state index contributed by atoms with van der Waals surface area (Å²) in [5.41, 5.74) is 1.41. The first-order valence-electron chi connectivity index (χ1n) is 7.34. The molecule has 0 saturated heterocycles. The van der Waals surface area contributed by atoms with Gasteiger partial charge in [-0.1, -0.05) is 25.8 Å². The SMILES string of the molecule is CCCCCN(C)c1ncccc1CNC(C)(C)C. The van der Waals surface area contributed by atoms with Crippen molar-refractivity contribution in [1.82, 2.24) is 10.3 Å². The summed E-state index contributed by atoms with van der Waals surface area (Å²) in [7, 11) is 2.14. The van der Waals surface area contributed by atoms with Crippen molar-refractivity contribution >= 4 is 5.82 Å². The molecule has 0 bridgehead atoms. The number of aromatic nitrogens is 1. The molecule has 1 rings (SSSR count). The Labute approximate surface area is 118 Å². The summed E-state index contributed by atoms with van der Waals surface area (Å²) < 4.78 is 0.